The van der Waals surface area contributed by atoms with Crippen LogP contribution in [0.4, 0.5) is 11.4 Å². The molecule has 0 spiro atoms. The van der Waals surface area contributed by atoms with Crippen LogP contribution in [0.15, 0.2) is 23.1 Å². The number of hydrogen-bond donors (Lipinski definition) is 3. The second-order valence-corrected chi connectivity index (χ2v) is 6.01. The normalized spacial score (nSPS) is 20.4. The fourth-order valence-corrected chi connectivity index (χ4v) is 3.12. The summed E-state index contributed by atoms with van der Waals surface area (Å²) in [5.74, 6) is 0.334. The summed E-state index contributed by atoms with van der Waals surface area (Å²) in [6.07, 6.45) is 0.247. The molecule has 120 valence electrons. The van der Waals surface area contributed by atoms with Gasteiger partial charge in [-0.3, -0.25) is 9.59 Å². The third-order valence-electron chi connectivity index (χ3n) is 3.31. The number of rotatable bonds is 3. The molecule has 1 unspecified atom stereocenters. The van der Waals surface area contributed by atoms with E-state index in [1.807, 2.05) is 12.1 Å². The van der Waals surface area contributed by atoms with Crippen molar-refractivity contribution in [1.29, 1.82) is 0 Å². The number of anilines is 2. The summed E-state index contributed by atoms with van der Waals surface area (Å²) >= 11 is 1.50. The maximum Gasteiger partial charge on any atom is 0.234 e. The largest absolute Gasteiger partial charge is 0.375 e. The van der Waals surface area contributed by atoms with E-state index in [2.05, 4.69) is 16.0 Å². The molecule has 0 radical (unpaired) electrons. The predicted octanol–water partition coefficient (Wildman–Crippen LogP) is 1.47. The monoisotopic (exact) mass is 343 g/mol. The molecule has 1 fully saturated rings. The minimum absolute atomic E-state index is 0. The maximum absolute atomic E-state index is 12.0. The maximum atomic E-state index is 12.0. The van der Waals surface area contributed by atoms with Crippen LogP contribution in [0.2, 0.25) is 0 Å². The highest BCUT2D eigenvalue weighted by Gasteiger charge is 2.19. The van der Waals surface area contributed by atoms with Crippen molar-refractivity contribution in [3.63, 3.8) is 0 Å². The summed E-state index contributed by atoms with van der Waals surface area (Å²) in [6.45, 7) is 2.17. The van der Waals surface area contributed by atoms with Gasteiger partial charge in [-0.2, -0.15) is 0 Å². The Kier molecular flexibility index (Phi) is 6.07. The lowest BCUT2D eigenvalue weighted by molar-refractivity contribution is -0.119. The molecule has 2 aliphatic heterocycles. The molecule has 6 nitrogen and oxygen atoms in total. The van der Waals surface area contributed by atoms with Crippen molar-refractivity contribution in [2.75, 3.05) is 36.1 Å². The van der Waals surface area contributed by atoms with Crippen LogP contribution in [0.1, 0.15) is 6.42 Å². The molecule has 3 N–H and O–H groups in total. The smallest absolute Gasteiger partial charge is 0.234 e. The average molecular weight is 344 g/mol. The van der Waals surface area contributed by atoms with Gasteiger partial charge in [-0.25, -0.2) is 0 Å². The van der Waals surface area contributed by atoms with Crippen LogP contribution in [0.25, 0.3) is 0 Å². The second kappa shape index (κ2) is 7.82. The van der Waals surface area contributed by atoms with E-state index in [1.165, 1.54) is 11.8 Å². The molecule has 0 aliphatic carbocycles. The van der Waals surface area contributed by atoms with Gasteiger partial charge in [0.05, 0.1) is 30.6 Å². The van der Waals surface area contributed by atoms with Crippen molar-refractivity contribution < 1.29 is 14.3 Å². The van der Waals surface area contributed by atoms with Gasteiger partial charge < -0.3 is 20.7 Å². The first-order valence-corrected chi connectivity index (χ1v) is 7.88. The molecule has 1 aromatic rings. The van der Waals surface area contributed by atoms with Gasteiger partial charge in [0.15, 0.2) is 0 Å². The number of benzene rings is 1. The molecular weight excluding hydrogens is 326 g/mol. The summed E-state index contributed by atoms with van der Waals surface area (Å²) in [7, 11) is 0. The molecule has 22 heavy (non-hydrogen) atoms. The lowest BCUT2D eigenvalue weighted by Gasteiger charge is -2.23. The van der Waals surface area contributed by atoms with Crippen LogP contribution in [0.5, 0.6) is 0 Å². The van der Waals surface area contributed by atoms with Gasteiger partial charge in [0.2, 0.25) is 11.8 Å². The van der Waals surface area contributed by atoms with E-state index in [9.17, 15) is 9.59 Å². The van der Waals surface area contributed by atoms with Crippen molar-refractivity contribution in [2.24, 2.45) is 0 Å². The number of thioether (sulfide) groups is 1. The Labute approximate surface area is 139 Å². The number of nitrogens with one attached hydrogen (secondary N) is 3. The quantitative estimate of drug-likeness (QED) is 0.774. The topological polar surface area (TPSA) is 79.5 Å². The van der Waals surface area contributed by atoms with Gasteiger partial charge >= 0.3 is 0 Å². The van der Waals surface area contributed by atoms with Crippen LogP contribution in [0.3, 0.4) is 0 Å². The van der Waals surface area contributed by atoms with Crippen molar-refractivity contribution in [3.8, 4) is 0 Å². The van der Waals surface area contributed by atoms with Crippen LogP contribution >= 0.6 is 24.2 Å². The number of carbonyl (C=O) groups excluding carboxylic acids is 2. The number of halogens is 1. The number of ether oxygens (including phenoxy) is 1. The zero-order valence-corrected chi connectivity index (χ0v) is 13.5. The van der Waals surface area contributed by atoms with Crippen molar-refractivity contribution in [1.82, 2.24) is 5.32 Å². The number of morpholine rings is 1. The molecule has 2 aliphatic rings. The highest BCUT2D eigenvalue weighted by Crippen LogP contribution is 2.33. The number of carbonyl (C=O) groups is 2. The second-order valence-electron chi connectivity index (χ2n) is 5.00. The van der Waals surface area contributed by atoms with E-state index < -0.39 is 0 Å². The summed E-state index contributed by atoms with van der Waals surface area (Å²) < 4.78 is 5.51. The third kappa shape index (κ3) is 4.36. The van der Waals surface area contributed by atoms with Crippen LogP contribution < -0.4 is 16.0 Å². The van der Waals surface area contributed by atoms with Crippen LogP contribution in [-0.2, 0) is 14.3 Å². The van der Waals surface area contributed by atoms with E-state index >= 15 is 0 Å². The highest BCUT2D eigenvalue weighted by atomic mass is 35.5. The Morgan fingerprint density at radius 3 is 3.09 bits per heavy atom. The Hall–Kier alpha value is -1.28. The highest BCUT2D eigenvalue weighted by molar-refractivity contribution is 8.00. The molecule has 1 aromatic carbocycles. The molecular formula is C14H18ClN3O3S. The Morgan fingerprint density at radius 1 is 1.45 bits per heavy atom. The first-order valence-electron chi connectivity index (χ1n) is 6.89. The lowest BCUT2D eigenvalue weighted by atomic mass is 10.2. The minimum Gasteiger partial charge on any atom is -0.375 e. The first-order chi connectivity index (χ1) is 10.2. The number of fused-ring (bicyclic) bond motifs is 1. The first kappa shape index (κ1) is 17.1. The van der Waals surface area contributed by atoms with Gasteiger partial charge in [0.1, 0.15) is 0 Å². The summed E-state index contributed by atoms with van der Waals surface area (Å²) in [4.78, 5) is 24.4. The van der Waals surface area contributed by atoms with Gasteiger partial charge in [0, 0.05) is 23.7 Å². The zero-order valence-electron chi connectivity index (χ0n) is 11.9. The number of hydrogen-bond acceptors (Lipinski definition) is 5. The number of amides is 2. The van der Waals surface area contributed by atoms with Crippen molar-refractivity contribution in [3.05, 3.63) is 18.2 Å². The van der Waals surface area contributed by atoms with Gasteiger partial charge in [-0.15, -0.1) is 24.2 Å². The zero-order chi connectivity index (χ0) is 14.7. The predicted molar refractivity (Wildman–Crippen MR) is 88.9 cm³/mol. The fourth-order valence-electron chi connectivity index (χ4n) is 2.33. The summed E-state index contributed by atoms with van der Waals surface area (Å²) in [5, 5.41) is 8.85. The van der Waals surface area contributed by atoms with Crippen molar-refractivity contribution in [2.45, 2.75) is 17.4 Å². The minimum atomic E-state index is -0.0848. The molecule has 1 atom stereocenters. The van der Waals surface area contributed by atoms with Crippen molar-refractivity contribution >= 4 is 47.4 Å². The van der Waals surface area contributed by atoms with Crippen LogP contribution in [0, 0.1) is 0 Å². The van der Waals surface area contributed by atoms with E-state index in [0.29, 0.717) is 31.0 Å². The average Bonchev–Trinajstić information content (AvgIpc) is 2.47. The lowest BCUT2D eigenvalue weighted by Crippen LogP contribution is -2.40. The molecule has 0 bridgehead atoms. The van der Waals surface area contributed by atoms with Gasteiger partial charge in [-0.1, -0.05) is 0 Å². The molecule has 3 rings (SSSR count). The summed E-state index contributed by atoms with van der Waals surface area (Å²) in [5.41, 5.74) is 1.44. The van der Waals surface area contributed by atoms with E-state index in [1.54, 1.807) is 6.07 Å². The molecule has 0 aromatic heterocycles. The SMILES string of the molecule is Cl.O=C(CC1CNCCO1)Nc1ccc2c(c1)NC(=O)CS2. The molecule has 1 saturated heterocycles. The Morgan fingerprint density at radius 2 is 2.32 bits per heavy atom. The molecule has 8 heteroatoms. The van der Waals surface area contributed by atoms with E-state index in [0.717, 1.165) is 17.1 Å². The standard InChI is InChI=1S/C14H17N3O3S.ClH/c18-13(6-10-7-15-3-4-20-10)16-9-1-2-12-11(5-9)17-14(19)8-21-12;/h1-2,5,10,15H,3-4,6-8H2,(H,16,18)(H,17,19);1H. The molecule has 2 heterocycles. The van der Waals surface area contributed by atoms with Gasteiger partial charge in [-0.05, 0) is 18.2 Å². The fraction of sp³-hybridized carbons (Fsp3) is 0.429. The molecule has 2 amide bonds. The Bertz CT molecular complexity index is 564. The Balaban J connectivity index is 0.00000176. The van der Waals surface area contributed by atoms with E-state index in [4.69, 9.17) is 4.74 Å². The van der Waals surface area contributed by atoms with E-state index in [-0.39, 0.29) is 30.3 Å². The van der Waals surface area contributed by atoms with Gasteiger partial charge in [0.25, 0.3) is 0 Å². The summed E-state index contributed by atoms with van der Waals surface area (Å²) in [6, 6.07) is 5.55. The molecule has 0 saturated carbocycles. The van der Waals surface area contributed by atoms with Crippen LogP contribution in [-0.4, -0.2) is 43.4 Å². The third-order valence-corrected chi connectivity index (χ3v) is 4.39.